The Balaban J connectivity index is 1.40. The van der Waals surface area contributed by atoms with Crippen LogP contribution in [0, 0.1) is 5.92 Å². The van der Waals surface area contributed by atoms with Crippen LogP contribution >= 0.6 is 23.2 Å². The summed E-state index contributed by atoms with van der Waals surface area (Å²) in [4.78, 5) is 12.7. The van der Waals surface area contributed by atoms with E-state index in [1.165, 1.54) is 0 Å². The lowest BCUT2D eigenvalue weighted by atomic mass is 9.85. The second-order valence-corrected chi connectivity index (χ2v) is 13.8. The summed E-state index contributed by atoms with van der Waals surface area (Å²) in [5.74, 6) is 0.435. The van der Waals surface area contributed by atoms with Gasteiger partial charge in [-0.1, -0.05) is 0 Å². The topological polar surface area (TPSA) is 95.9 Å². The van der Waals surface area contributed by atoms with Gasteiger partial charge >= 0.3 is 0 Å². The van der Waals surface area contributed by atoms with Crippen LogP contribution < -0.4 is 5.32 Å². The van der Waals surface area contributed by atoms with Crippen LogP contribution in [-0.4, -0.2) is 77.2 Å². The van der Waals surface area contributed by atoms with Gasteiger partial charge in [-0.25, -0.2) is 8.42 Å². The molecule has 10 heteroatoms. The Labute approximate surface area is 207 Å². The Morgan fingerprint density at radius 2 is 1.61 bits per heavy atom. The number of ether oxygens (including phenoxy) is 1. The Morgan fingerprint density at radius 3 is 2.24 bits per heavy atom. The van der Waals surface area contributed by atoms with Gasteiger partial charge < -0.3 is 15.2 Å². The van der Waals surface area contributed by atoms with Crippen molar-refractivity contribution in [1.82, 2.24) is 9.62 Å². The molecule has 3 saturated carbocycles. The summed E-state index contributed by atoms with van der Waals surface area (Å²) in [6.07, 6.45) is 8.20. The first-order valence-electron chi connectivity index (χ1n) is 12.6. The highest BCUT2D eigenvalue weighted by atomic mass is 35.5. The molecule has 3 unspecified atom stereocenters. The standard InChI is InChI=1S/C23H38Cl2N2O5S/c24-16-3-1-15(2-4-16)11-23(29)26-18-7-10-22-21(12-18)27(13-19(14-28)32-22)33(30,31)20-8-5-17(25)6-9-20/h15-22,28H,1-14H2,(H,26,29)/t15?,16?,17?,18?,19-,20?,21?,22?/m1/s1. The minimum Gasteiger partial charge on any atom is -0.394 e. The summed E-state index contributed by atoms with van der Waals surface area (Å²) in [5, 5.41) is 12.8. The molecule has 0 aromatic carbocycles. The molecule has 190 valence electrons. The lowest BCUT2D eigenvalue weighted by Gasteiger charge is -2.48. The number of nitrogens with zero attached hydrogens (tertiary/aromatic N) is 1. The van der Waals surface area contributed by atoms with Crippen LogP contribution in [0.3, 0.4) is 0 Å². The van der Waals surface area contributed by atoms with Crippen molar-refractivity contribution in [3.05, 3.63) is 0 Å². The first-order valence-corrected chi connectivity index (χ1v) is 15.0. The van der Waals surface area contributed by atoms with Crippen LogP contribution in [0.2, 0.25) is 0 Å². The van der Waals surface area contributed by atoms with Gasteiger partial charge in [0.05, 0.1) is 30.1 Å². The van der Waals surface area contributed by atoms with Crippen molar-refractivity contribution in [3.8, 4) is 0 Å². The zero-order valence-electron chi connectivity index (χ0n) is 19.2. The Bertz CT molecular complexity index is 769. The lowest BCUT2D eigenvalue weighted by molar-refractivity contribution is -0.132. The number of amides is 1. The molecule has 1 aliphatic heterocycles. The quantitative estimate of drug-likeness (QED) is 0.520. The van der Waals surface area contributed by atoms with E-state index in [1.807, 2.05) is 0 Å². The van der Waals surface area contributed by atoms with Crippen LogP contribution in [0.15, 0.2) is 0 Å². The highest BCUT2D eigenvalue weighted by molar-refractivity contribution is 7.89. The third-order valence-corrected chi connectivity index (χ3v) is 11.3. The van der Waals surface area contributed by atoms with Crippen LogP contribution in [0.1, 0.15) is 77.0 Å². The first-order chi connectivity index (χ1) is 15.8. The molecule has 1 heterocycles. The van der Waals surface area contributed by atoms with E-state index in [4.69, 9.17) is 27.9 Å². The molecule has 1 saturated heterocycles. The molecule has 0 aromatic rings. The second-order valence-electron chi connectivity index (χ2n) is 10.4. The molecule has 3 aliphatic carbocycles. The smallest absolute Gasteiger partial charge is 0.220 e. The molecular formula is C23H38Cl2N2O5S. The predicted octanol–water partition coefficient (Wildman–Crippen LogP) is 3.15. The molecule has 4 atom stereocenters. The van der Waals surface area contributed by atoms with E-state index < -0.39 is 21.4 Å². The third kappa shape index (κ3) is 6.36. The van der Waals surface area contributed by atoms with E-state index in [-0.39, 0.29) is 48.0 Å². The maximum absolute atomic E-state index is 13.6. The minimum absolute atomic E-state index is 0.0489. The number of aliphatic hydroxyl groups is 1. The van der Waals surface area contributed by atoms with Gasteiger partial charge in [-0.2, -0.15) is 4.31 Å². The Kier molecular flexibility index (Phi) is 8.88. The van der Waals surface area contributed by atoms with Crippen LogP contribution in [-0.2, 0) is 19.6 Å². The molecule has 2 N–H and O–H groups in total. The van der Waals surface area contributed by atoms with Gasteiger partial charge in [0, 0.05) is 29.8 Å². The average Bonchev–Trinajstić information content (AvgIpc) is 2.80. The summed E-state index contributed by atoms with van der Waals surface area (Å²) < 4.78 is 34.9. The molecule has 0 bridgehead atoms. The fraction of sp³-hybridized carbons (Fsp3) is 0.957. The van der Waals surface area contributed by atoms with Crippen molar-refractivity contribution >= 4 is 39.1 Å². The molecule has 33 heavy (non-hydrogen) atoms. The number of carbonyl (C=O) groups excluding carboxylic acids is 1. The number of hydrogen-bond donors (Lipinski definition) is 2. The molecule has 0 radical (unpaired) electrons. The van der Waals surface area contributed by atoms with E-state index in [0.29, 0.717) is 50.9 Å². The number of carbonyl (C=O) groups is 1. The monoisotopic (exact) mass is 524 g/mol. The predicted molar refractivity (Wildman–Crippen MR) is 129 cm³/mol. The third-order valence-electron chi connectivity index (χ3n) is 8.05. The van der Waals surface area contributed by atoms with Crippen LogP contribution in [0.4, 0.5) is 0 Å². The molecule has 4 rings (SSSR count). The van der Waals surface area contributed by atoms with Gasteiger partial charge in [0.1, 0.15) is 0 Å². The number of morpholine rings is 1. The Hall–Kier alpha value is -0.120. The Morgan fingerprint density at radius 1 is 0.970 bits per heavy atom. The van der Waals surface area contributed by atoms with Crippen molar-refractivity contribution in [2.75, 3.05) is 13.2 Å². The van der Waals surface area contributed by atoms with Crippen LogP contribution in [0.25, 0.3) is 0 Å². The van der Waals surface area contributed by atoms with Crippen molar-refractivity contribution in [3.63, 3.8) is 0 Å². The van der Waals surface area contributed by atoms with Crippen molar-refractivity contribution in [2.45, 2.75) is 117 Å². The maximum atomic E-state index is 13.6. The molecule has 1 amide bonds. The van der Waals surface area contributed by atoms with E-state index in [9.17, 15) is 18.3 Å². The van der Waals surface area contributed by atoms with Gasteiger partial charge in [-0.15, -0.1) is 23.2 Å². The number of nitrogens with one attached hydrogen (secondary N) is 1. The van der Waals surface area contributed by atoms with Crippen molar-refractivity contribution < 1.29 is 23.1 Å². The number of halogens is 2. The highest BCUT2D eigenvalue weighted by Gasteiger charge is 2.48. The van der Waals surface area contributed by atoms with Gasteiger partial charge in [-0.3, -0.25) is 4.79 Å². The maximum Gasteiger partial charge on any atom is 0.220 e. The molecule has 4 fully saturated rings. The first kappa shape index (κ1) is 26.0. The van der Waals surface area contributed by atoms with E-state index in [2.05, 4.69) is 5.32 Å². The average molecular weight is 526 g/mol. The fourth-order valence-corrected chi connectivity index (χ4v) is 8.85. The van der Waals surface area contributed by atoms with Gasteiger partial charge in [0.2, 0.25) is 15.9 Å². The SMILES string of the molecule is O=C(CC1CCC(Cl)CC1)NC1CCC2O[C@@H](CO)CN(S(=O)(=O)C3CCC(Cl)CC3)C2C1. The number of fused-ring (bicyclic) bond motifs is 1. The summed E-state index contributed by atoms with van der Waals surface area (Å²) in [5.41, 5.74) is 0. The van der Waals surface area contributed by atoms with Gasteiger partial charge in [-0.05, 0) is 76.5 Å². The number of rotatable bonds is 6. The largest absolute Gasteiger partial charge is 0.394 e. The fourth-order valence-electron chi connectivity index (χ4n) is 6.12. The zero-order chi connectivity index (χ0) is 23.6. The van der Waals surface area contributed by atoms with E-state index in [0.717, 1.165) is 32.1 Å². The molecule has 4 aliphatic rings. The summed E-state index contributed by atoms with van der Waals surface area (Å²) in [6.45, 7) is -0.0302. The second kappa shape index (κ2) is 11.3. The highest BCUT2D eigenvalue weighted by Crippen LogP contribution is 2.37. The summed E-state index contributed by atoms with van der Waals surface area (Å²) in [6, 6.07) is -0.370. The summed E-state index contributed by atoms with van der Waals surface area (Å²) in [7, 11) is -3.54. The van der Waals surface area contributed by atoms with Gasteiger partial charge in [0.25, 0.3) is 0 Å². The van der Waals surface area contributed by atoms with Crippen LogP contribution in [0.5, 0.6) is 0 Å². The number of hydrogen-bond acceptors (Lipinski definition) is 5. The van der Waals surface area contributed by atoms with E-state index in [1.54, 1.807) is 4.31 Å². The lowest BCUT2D eigenvalue weighted by Crippen LogP contribution is -2.62. The van der Waals surface area contributed by atoms with Gasteiger partial charge in [0.15, 0.2) is 0 Å². The van der Waals surface area contributed by atoms with E-state index >= 15 is 0 Å². The van der Waals surface area contributed by atoms with Crippen molar-refractivity contribution in [2.24, 2.45) is 5.92 Å². The molecule has 7 nitrogen and oxygen atoms in total. The summed E-state index contributed by atoms with van der Waals surface area (Å²) >= 11 is 12.4. The number of sulfonamides is 1. The molecular weight excluding hydrogens is 487 g/mol. The zero-order valence-corrected chi connectivity index (χ0v) is 21.5. The normalized spacial score (nSPS) is 40.7. The van der Waals surface area contributed by atoms with Crippen molar-refractivity contribution in [1.29, 1.82) is 0 Å². The number of aliphatic hydroxyl groups excluding tert-OH is 1. The molecule has 0 spiro atoms. The number of alkyl halides is 2. The molecule has 0 aromatic heterocycles. The minimum atomic E-state index is -3.54.